The summed E-state index contributed by atoms with van der Waals surface area (Å²) in [4.78, 5) is 0.268. The Hall–Kier alpha value is -1.81. The molecule has 0 spiro atoms. The molecule has 0 saturated carbocycles. The summed E-state index contributed by atoms with van der Waals surface area (Å²) in [7, 11) is -3.37. The van der Waals surface area contributed by atoms with Gasteiger partial charge in [-0.1, -0.05) is 30.3 Å². The maximum absolute atomic E-state index is 12.3. The van der Waals surface area contributed by atoms with Crippen LogP contribution in [0.25, 0.3) is 0 Å². The molecule has 0 aliphatic rings. The lowest BCUT2D eigenvalue weighted by atomic mass is 10.2. The average Bonchev–Trinajstić information content (AvgIpc) is 2.29. The van der Waals surface area contributed by atoms with Gasteiger partial charge in [0, 0.05) is 0 Å². The van der Waals surface area contributed by atoms with Gasteiger partial charge in [-0.15, -0.1) is 0 Å². The van der Waals surface area contributed by atoms with Crippen molar-refractivity contribution in [3.63, 3.8) is 0 Å². The molecule has 0 fully saturated rings. The van der Waals surface area contributed by atoms with Crippen LogP contribution in [0, 0.1) is 6.92 Å². The van der Waals surface area contributed by atoms with Gasteiger partial charge in [-0.25, -0.2) is 8.42 Å². The Morgan fingerprint density at radius 2 is 1.72 bits per heavy atom. The molecule has 0 atom stereocenters. The van der Waals surface area contributed by atoms with E-state index in [0.29, 0.717) is 5.56 Å². The second-order valence-electron chi connectivity index (χ2n) is 4.19. The van der Waals surface area contributed by atoms with Crippen molar-refractivity contribution < 1.29 is 13.5 Å². The maximum Gasteiger partial charge on any atom is 0.182 e. The third kappa shape index (κ3) is 2.71. The number of hydrogen-bond donors (Lipinski definition) is 1. The van der Waals surface area contributed by atoms with E-state index in [1.807, 2.05) is 18.2 Å². The Balaban J connectivity index is 2.37. The smallest absolute Gasteiger partial charge is 0.182 e. The summed E-state index contributed by atoms with van der Waals surface area (Å²) in [5.74, 6) is 0.0468. The fourth-order valence-electron chi connectivity index (χ4n) is 1.85. The molecule has 0 aliphatic heterocycles. The van der Waals surface area contributed by atoms with E-state index >= 15 is 0 Å². The lowest BCUT2D eigenvalue weighted by Gasteiger charge is -2.08. The minimum Gasteiger partial charge on any atom is -0.508 e. The van der Waals surface area contributed by atoms with Crippen LogP contribution in [0.3, 0.4) is 0 Å². The highest BCUT2D eigenvalue weighted by atomic mass is 32.2. The third-order valence-corrected chi connectivity index (χ3v) is 4.53. The van der Waals surface area contributed by atoms with Gasteiger partial charge < -0.3 is 5.11 Å². The van der Waals surface area contributed by atoms with Crippen LogP contribution in [-0.2, 0) is 15.6 Å². The number of hydrogen-bond acceptors (Lipinski definition) is 3. The van der Waals surface area contributed by atoms with Crippen LogP contribution in [0.1, 0.15) is 11.1 Å². The van der Waals surface area contributed by atoms with Crippen molar-refractivity contribution in [2.75, 3.05) is 0 Å². The number of aromatic hydroxyl groups is 1. The van der Waals surface area contributed by atoms with Crippen molar-refractivity contribution in [3.05, 3.63) is 59.7 Å². The van der Waals surface area contributed by atoms with Gasteiger partial charge in [0.2, 0.25) is 0 Å². The molecule has 0 saturated heterocycles. The topological polar surface area (TPSA) is 54.4 Å². The Morgan fingerprint density at radius 3 is 2.33 bits per heavy atom. The molecule has 18 heavy (non-hydrogen) atoms. The molecule has 2 rings (SSSR count). The molecule has 0 aliphatic carbocycles. The summed E-state index contributed by atoms with van der Waals surface area (Å²) in [5.41, 5.74) is 1.32. The Labute approximate surface area is 107 Å². The molecule has 0 bridgehead atoms. The minimum atomic E-state index is -3.37. The summed E-state index contributed by atoms with van der Waals surface area (Å²) in [6, 6.07) is 13.3. The standard InChI is InChI=1S/C14H14O3S/c1-11-9-13(15)7-8-14(11)18(16,17)10-12-5-3-2-4-6-12/h2-9,15H,10H2,1H3. The second kappa shape index (κ2) is 4.82. The fourth-order valence-corrected chi connectivity index (χ4v) is 3.47. The predicted molar refractivity (Wildman–Crippen MR) is 70.2 cm³/mol. The Bertz CT molecular complexity index is 646. The summed E-state index contributed by atoms with van der Waals surface area (Å²) in [6.07, 6.45) is 0. The highest BCUT2D eigenvalue weighted by Gasteiger charge is 2.17. The molecule has 2 aromatic carbocycles. The van der Waals surface area contributed by atoms with Gasteiger partial charge in [0.05, 0.1) is 10.6 Å². The van der Waals surface area contributed by atoms with Gasteiger partial charge >= 0.3 is 0 Å². The zero-order valence-corrected chi connectivity index (χ0v) is 10.8. The monoisotopic (exact) mass is 262 g/mol. The van der Waals surface area contributed by atoms with Gasteiger partial charge in [0.15, 0.2) is 9.84 Å². The first-order chi connectivity index (χ1) is 8.49. The van der Waals surface area contributed by atoms with Crippen LogP contribution < -0.4 is 0 Å². The highest BCUT2D eigenvalue weighted by Crippen LogP contribution is 2.23. The largest absolute Gasteiger partial charge is 0.508 e. The molecular weight excluding hydrogens is 248 g/mol. The molecular formula is C14H14O3S. The first-order valence-electron chi connectivity index (χ1n) is 5.55. The number of aryl methyl sites for hydroxylation is 1. The minimum absolute atomic E-state index is 0.0283. The van der Waals surface area contributed by atoms with Crippen molar-refractivity contribution >= 4 is 9.84 Å². The van der Waals surface area contributed by atoms with E-state index < -0.39 is 9.84 Å². The van der Waals surface area contributed by atoms with E-state index in [2.05, 4.69) is 0 Å². The van der Waals surface area contributed by atoms with Gasteiger partial charge in [-0.05, 0) is 36.2 Å². The molecule has 0 aromatic heterocycles. The van der Waals surface area contributed by atoms with E-state index in [-0.39, 0.29) is 16.4 Å². The van der Waals surface area contributed by atoms with Crippen molar-refractivity contribution in [3.8, 4) is 5.75 Å². The quantitative estimate of drug-likeness (QED) is 0.925. The highest BCUT2D eigenvalue weighted by molar-refractivity contribution is 7.90. The molecule has 0 heterocycles. The summed E-state index contributed by atoms with van der Waals surface area (Å²) in [5, 5.41) is 9.30. The maximum atomic E-state index is 12.3. The lowest BCUT2D eigenvalue weighted by Crippen LogP contribution is -2.06. The fraction of sp³-hybridized carbons (Fsp3) is 0.143. The number of phenols is 1. The van der Waals surface area contributed by atoms with Crippen molar-refractivity contribution in [2.24, 2.45) is 0 Å². The van der Waals surface area contributed by atoms with E-state index in [1.165, 1.54) is 18.2 Å². The van der Waals surface area contributed by atoms with E-state index in [0.717, 1.165) is 5.56 Å². The molecule has 94 valence electrons. The first-order valence-corrected chi connectivity index (χ1v) is 7.20. The van der Waals surface area contributed by atoms with E-state index in [1.54, 1.807) is 19.1 Å². The molecule has 3 nitrogen and oxygen atoms in total. The number of benzene rings is 2. The van der Waals surface area contributed by atoms with Crippen LogP contribution in [0.4, 0.5) is 0 Å². The van der Waals surface area contributed by atoms with E-state index in [4.69, 9.17) is 0 Å². The molecule has 0 radical (unpaired) electrons. The van der Waals surface area contributed by atoms with E-state index in [9.17, 15) is 13.5 Å². The summed E-state index contributed by atoms with van der Waals surface area (Å²) < 4.78 is 24.5. The van der Waals surface area contributed by atoms with Crippen LogP contribution in [-0.4, -0.2) is 13.5 Å². The van der Waals surface area contributed by atoms with Crippen molar-refractivity contribution in [2.45, 2.75) is 17.6 Å². The zero-order valence-electron chi connectivity index (χ0n) is 10.00. The van der Waals surface area contributed by atoms with Gasteiger partial charge in [-0.3, -0.25) is 0 Å². The average molecular weight is 262 g/mol. The van der Waals surface area contributed by atoms with Gasteiger partial charge in [0.25, 0.3) is 0 Å². The lowest BCUT2D eigenvalue weighted by molar-refractivity contribution is 0.474. The second-order valence-corrected chi connectivity index (χ2v) is 6.15. The first kappa shape index (κ1) is 12.6. The number of phenolic OH excluding ortho intramolecular Hbond substituents is 1. The van der Waals surface area contributed by atoms with Crippen LogP contribution >= 0.6 is 0 Å². The van der Waals surface area contributed by atoms with Crippen molar-refractivity contribution in [1.82, 2.24) is 0 Å². The third-order valence-electron chi connectivity index (χ3n) is 2.69. The molecule has 0 unspecified atom stereocenters. The Kier molecular flexibility index (Phi) is 3.39. The van der Waals surface area contributed by atoms with Gasteiger partial charge in [0.1, 0.15) is 5.75 Å². The number of rotatable bonds is 3. The molecule has 0 amide bonds. The predicted octanol–water partition coefficient (Wildman–Crippen LogP) is 2.67. The van der Waals surface area contributed by atoms with Crippen LogP contribution in [0.2, 0.25) is 0 Å². The molecule has 1 N–H and O–H groups in total. The molecule has 4 heteroatoms. The normalized spacial score (nSPS) is 11.4. The summed E-state index contributed by atoms with van der Waals surface area (Å²) in [6.45, 7) is 1.68. The number of sulfone groups is 1. The Morgan fingerprint density at radius 1 is 1.06 bits per heavy atom. The SMILES string of the molecule is Cc1cc(O)ccc1S(=O)(=O)Cc1ccccc1. The summed E-state index contributed by atoms with van der Waals surface area (Å²) >= 11 is 0. The van der Waals surface area contributed by atoms with Crippen LogP contribution in [0.5, 0.6) is 5.75 Å². The zero-order chi connectivity index (χ0) is 13.2. The van der Waals surface area contributed by atoms with Crippen LogP contribution in [0.15, 0.2) is 53.4 Å². The van der Waals surface area contributed by atoms with Gasteiger partial charge in [-0.2, -0.15) is 0 Å². The molecule has 2 aromatic rings. The van der Waals surface area contributed by atoms with Crippen molar-refractivity contribution in [1.29, 1.82) is 0 Å².